The molecule has 142 valence electrons. The normalized spacial score (nSPS) is 25.3. The van der Waals surface area contributed by atoms with Gasteiger partial charge < -0.3 is 29.2 Å². The van der Waals surface area contributed by atoms with Crippen molar-refractivity contribution in [1.29, 1.82) is 0 Å². The van der Waals surface area contributed by atoms with Crippen molar-refractivity contribution < 1.29 is 29.2 Å². The van der Waals surface area contributed by atoms with Crippen molar-refractivity contribution in [2.24, 2.45) is 5.11 Å². The maximum atomic E-state index is 9.89. The first-order chi connectivity index (χ1) is 12.7. The van der Waals surface area contributed by atoms with Gasteiger partial charge in [0.15, 0.2) is 6.79 Å². The van der Waals surface area contributed by atoms with E-state index in [0.717, 1.165) is 5.56 Å². The molecular weight excluding hydrogens is 342 g/mol. The number of hydrogen-bond donors (Lipinski definition) is 2. The molecule has 0 aliphatic carbocycles. The van der Waals surface area contributed by atoms with E-state index in [-0.39, 0.29) is 19.2 Å². The van der Waals surface area contributed by atoms with Gasteiger partial charge in [-0.3, -0.25) is 0 Å². The van der Waals surface area contributed by atoms with E-state index >= 15 is 0 Å². The predicted octanol–water partition coefficient (Wildman–Crippen LogP) is 1.51. The van der Waals surface area contributed by atoms with Crippen LogP contribution in [0.15, 0.2) is 47.3 Å². The summed E-state index contributed by atoms with van der Waals surface area (Å²) < 4.78 is 21.8. The Labute approximate surface area is 151 Å². The van der Waals surface area contributed by atoms with E-state index in [0.29, 0.717) is 6.61 Å². The van der Waals surface area contributed by atoms with Crippen molar-refractivity contribution in [3.05, 3.63) is 58.2 Å². The highest BCUT2D eigenvalue weighted by atomic mass is 16.7. The van der Waals surface area contributed by atoms with Crippen LogP contribution in [0, 0.1) is 0 Å². The molecule has 2 N–H and O–H groups in total. The van der Waals surface area contributed by atoms with Crippen LogP contribution in [0.3, 0.4) is 0 Å². The highest BCUT2D eigenvalue weighted by Crippen LogP contribution is 2.31. The minimum Gasteiger partial charge on any atom is -0.472 e. The first-order valence-electron chi connectivity index (χ1n) is 8.08. The molecule has 2 rings (SSSR count). The van der Waals surface area contributed by atoms with Gasteiger partial charge in [0.2, 0.25) is 0 Å². The van der Waals surface area contributed by atoms with E-state index in [9.17, 15) is 10.2 Å². The number of azide groups is 1. The van der Waals surface area contributed by atoms with Crippen molar-refractivity contribution in [2.75, 3.05) is 33.7 Å². The first kappa shape index (κ1) is 20.2. The third-order valence-corrected chi connectivity index (χ3v) is 3.86. The molecule has 0 amide bonds. The molecule has 9 nitrogen and oxygen atoms in total. The smallest absolute Gasteiger partial charge is 0.188 e. The largest absolute Gasteiger partial charge is 0.472 e. The van der Waals surface area contributed by atoms with Crippen molar-refractivity contribution >= 4 is 0 Å². The molecule has 0 bridgehead atoms. The Bertz CT molecular complexity index is 635. The van der Waals surface area contributed by atoms with Crippen molar-refractivity contribution in [1.82, 2.24) is 0 Å². The van der Waals surface area contributed by atoms with Gasteiger partial charge in [0.05, 0.1) is 32.5 Å². The second-order valence-corrected chi connectivity index (χ2v) is 5.79. The molecule has 0 spiro atoms. The second-order valence-electron chi connectivity index (χ2n) is 5.79. The van der Waals surface area contributed by atoms with Gasteiger partial charge in [0.25, 0.3) is 0 Å². The summed E-state index contributed by atoms with van der Waals surface area (Å²) in [6, 6.07) is 8.69. The quantitative estimate of drug-likeness (QED) is 0.280. The number of methoxy groups -OCH3 is 1. The van der Waals surface area contributed by atoms with Crippen LogP contribution in [-0.2, 0) is 25.6 Å². The van der Waals surface area contributed by atoms with E-state index in [1.807, 2.05) is 30.3 Å². The molecule has 1 aromatic carbocycles. The minimum atomic E-state index is -1.23. The maximum Gasteiger partial charge on any atom is 0.188 e. The van der Waals surface area contributed by atoms with Gasteiger partial charge in [0.1, 0.15) is 17.4 Å². The van der Waals surface area contributed by atoms with Gasteiger partial charge in [-0.15, -0.1) is 0 Å². The van der Waals surface area contributed by atoms with E-state index in [1.54, 1.807) is 0 Å². The average Bonchev–Trinajstić information content (AvgIpc) is 2.68. The molecule has 0 aromatic heterocycles. The lowest BCUT2D eigenvalue weighted by Gasteiger charge is -2.40. The fourth-order valence-corrected chi connectivity index (χ4v) is 2.63. The fourth-order valence-electron chi connectivity index (χ4n) is 2.63. The zero-order valence-corrected chi connectivity index (χ0v) is 14.5. The Hall–Kier alpha value is -2.13. The monoisotopic (exact) mass is 365 g/mol. The molecule has 0 radical (unpaired) electrons. The summed E-state index contributed by atoms with van der Waals surface area (Å²) in [7, 11) is 1.45. The molecule has 1 aliphatic rings. The maximum absolute atomic E-state index is 9.89. The number of rotatable bonds is 10. The molecule has 1 aromatic rings. The Balaban J connectivity index is 2.17. The zero-order chi connectivity index (χ0) is 18.8. The van der Waals surface area contributed by atoms with Crippen LogP contribution >= 0.6 is 0 Å². The highest BCUT2D eigenvalue weighted by molar-refractivity contribution is 5.20. The number of hydrogen-bond acceptors (Lipinski definition) is 7. The van der Waals surface area contributed by atoms with Crippen LogP contribution in [0.25, 0.3) is 10.4 Å². The summed E-state index contributed by atoms with van der Waals surface area (Å²) in [5, 5.41) is 23.1. The summed E-state index contributed by atoms with van der Waals surface area (Å²) in [6.45, 7) is -0.540. The lowest BCUT2D eigenvalue weighted by atomic mass is 9.96. The Morgan fingerprint density at radius 1 is 1.31 bits per heavy atom. The summed E-state index contributed by atoms with van der Waals surface area (Å²) in [4.78, 5) is 2.77. The summed E-state index contributed by atoms with van der Waals surface area (Å²) in [6.07, 6.45) is 0.637. The molecule has 9 heteroatoms. The molecule has 0 saturated heterocycles. The predicted molar refractivity (Wildman–Crippen MR) is 91.9 cm³/mol. The van der Waals surface area contributed by atoms with Crippen LogP contribution in [0.5, 0.6) is 0 Å². The van der Waals surface area contributed by atoms with E-state index < -0.39 is 31.0 Å². The van der Waals surface area contributed by atoms with Crippen molar-refractivity contribution in [2.45, 2.75) is 24.4 Å². The van der Waals surface area contributed by atoms with Crippen molar-refractivity contribution in [3.63, 3.8) is 0 Å². The molecule has 0 fully saturated rings. The van der Waals surface area contributed by atoms with Gasteiger partial charge in [-0.1, -0.05) is 35.4 Å². The SMILES string of the molecule is COCOC1=C[C@](CO)(COCc2ccccc2)O[C@@H](CO)[C@@H]1N=[N+]=[N-]. The molecule has 26 heavy (non-hydrogen) atoms. The molecule has 1 heterocycles. The Morgan fingerprint density at radius 3 is 2.69 bits per heavy atom. The number of ether oxygens (including phenoxy) is 4. The Morgan fingerprint density at radius 2 is 2.08 bits per heavy atom. The third-order valence-electron chi connectivity index (χ3n) is 3.86. The standard InChI is InChI=1S/C17H23N3O6/c1-23-12-25-14-7-17(10-22,26-15(8-21)16(14)19-20-18)11-24-9-13-5-3-2-4-6-13/h2-7,15-16,21-22H,8-12H2,1H3/t15-,16+,17-/m0/s1. The number of nitrogens with zero attached hydrogens (tertiary/aromatic N) is 3. The van der Waals surface area contributed by atoms with Gasteiger partial charge >= 0.3 is 0 Å². The second kappa shape index (κ2) is 10.1. The molecular formula is C17H23N3O6. The van der Waals surface area contributed by atoms with Crippen molar-refractivity contribution in [3.8, 4) is 0 Å². The molecule has 0 unspecified atom stereocenters. The van der Waals surface area contributed by atoms with Gasteiger partial charge in [0, 0.05) is 12.0 Å². The molecule has 3 atom stereocenters. The fraction of sp³-hybridized carbons (Fsp3) is 0.529. The number of benzene rings is 1. The van der Waals surface area contributed by atoms with E-state index in [1.165, 1.54) is 13.2 Å². The highest BCUT2D eigenvalue weighted by Gasteiger charge is 2.42. The van der Waals surface area contributed by atoms with Gasteiger partial charge in [-0.05, 0) is 17.2 Å². The zero-order valence-electron chi connectivity index (χ0n) is 14.5. The van der Waals surface area contributed by atoms with E-state index in [4.69, 9.17) is 24.5 Å². The third kappa shape index (κ3) is 5.18. The average molecular weight is 365 g/mol. The van der Waals surface area contributed by atoms with E-state index in [2.05, 4.69) is 10.0 Å². The minimum absolute atomic E-state index is 0.0255. The van der Waals surface area contributed by atoms with Crippen LogP contribution in [0.1, 0.15) is 5.56 Å². The topological polar surface area (TPSA) is 126 Å². The van der Waals surface area contributed by atoms with Crippen LogP contribution < -0.4 is 0 Å². The lowest BCUT2D eigenvalue weighted by molar-refractivity contribution is -0.160. The summed E-state index contributed by atoms with van der Waals surface area (Å²) in [5.74, 6) is 0.257. The summed E-state index contributed by atoms with van der Waals surface area (Å²) >= 11 is 0. The Kier molecular flexibility index (Phi) is 7.86. The molecule has 1 aliphatic heterocycles. The summed E-state index contributed by atoms with van der Waals surface area (Å²) in [5.41, 5.74) is 8.51. The van der Waals surface area contributed by atoms with Crippen LogP contribution in [0.2, 0.25) is 0 Å². The lowest BCUT2D eigenvalue weighted by Crippen LogP contribution is -2.52. The first-order valence-corrected chi connectivity index (χ1v) is 8.08. The number of aliphatic hydroxyl groups excluding tert-OH is 2. The van der Waals surface area contributed by atoms with Crippen LogP contribution in [-0.4, -0.2) is 61.7 Å². The van der Waals surface area contributed by atoms with Gasteiger partial charge in [-0.25, -0.2) is 0 Å². The van der Waals surface area contributed by atoms with Crippen LogP contribution in [0.4, 0.5) is 0 Å². The molecule has 0 saturated carbocycles. The van der Waals surface area contributed by atoms with Gasteiger partial charge in [-0.2, -0.15) is 0 Å². The number of aliphatic hydroxyl groups is 2.